The largest absolute Gasteiger partial charge is 0.482 e. The van der Waals surface area contributed by atoms with Crippen LogP contribution in [0.25, 0.3) is 0 Å². The van der Waals surface area contributed by atoms with Crippen molar-refractivity contribution < 1.29 is 14.3 Å². The Balaban J connectivity index is 0.00000341. The van der Waals surface area contributed by atoms with E-state index in [-0.39, 0.29) is 42.4 Å². The van der Waals surface area contributed by atoms with E-state index < -0.39 is 0 Å². The number of rotatable bonds is 8. The molecule has 2 aliphatic rings. The van der Waals surface area contributed by atoms with Crippen LogP contribution in [0.15, 0.2) is 29.3 Å². The van der Waals surface area contributed by atoms with Crippen LogP contribution in [-0.4, -0.2) is 74.6 Å². The molecular formula is C21H33IN6O3. The van der Waals surface area contributed by atoms with Gasteiger partial charge in [0.15, 0.2) is 12.6 Å². The van der Waals surface area contributed by atoms with Crippen LogP contribution < -0.4 is 26.0 Å². The number of hydrogen-bond donors (Lipinski definition) is 3. The molecule has 1 aromatic carbocycles. The first-order valence-corrected chi connectivity index (χ1v) is 10.6. The van der Waals surface area contributed by atoms with Crippen LogP contribution in [0, 0.1) is 0 Å². The zero-order valence-corrected chi connectivity index (χ0v) is 20.3. The molecule has 2 heterocycles. The average Bonchev–Trinajstić information content (AvgIpc) is 2.73. The molecule has 0 aliphatic carbocycles. The smallest absolute Gasteiger partial charge is 0.265 e. The van der Waals surface area contributed by atoms with Crippen LogP contribution >= 0.6 is 24.0 Å². The maximum Gasteiger partial charge on any atom is 0.265 e. The van der Waals surface area contributed by atoms with Crippen molar-refractivity contribution in [2.75, 3.05) is 50.8 Å². The monoisotopic (exact) mass is 544 g/mol. The lowest BCUT2D eigenvalue weighted by Gasteiger charge is -2.32. The number of hydrogen-bond acceptors (Lipinski definition) is 5. The molecule has 0 saturated carbocycles. The van der Waals surface area contributed by atoms with E-state index in [4.69, 9.17) is 10.5 Å². The number of anilines is 1. The Labute approximate surface area is 200 Å². The maximum atomic E-state index is 12.3. The number of nitrogens with two attached hydrogens (primary N) is 1. The fourth-order valence-electron chi connectivity index (χ4n) is 3.79. The summed E-state index contributed by atoms with van der Waals surface area (Å²) in [4.78, 5) is 31.9. The summed E-state index contributed by atoms with van der Waals surface area (Å²) in [6, 6.07) is 7.93. The Morgan fingerprint density at radius 2 is 2.03 bits per heavy atom. The van der Waals surface area contributed by atoms with Crippen molar-refractivity contribution in [3.8, 4) is 5.75 Å². The number of nitrogens with one attached hydrogen (secondary N) is 2. The molecule has 4 N–H and O–H groups in total. The van der Waals surface area contributed by atoms with Crippen molar-refractivity contribution in [2.45, 2.75) is 32.2 Å². The normalized spacial score (nSPS) is 17.4. The third-order valence-electron chi connectivity index (χ3n) is 5.27. The van der Waals surface area contributed by atoms with Gasteiger partial charge in [-0.3, -0.25) is 19.5 Å². The van der Waals surface area contributed by atoms with Gasteiger partial charge in [-0.1, -0.05) is 12.1 Å². The number of guanidine groups is 1. The summed E-state index contributed by atoms with van der Waals surface area (Å²) < 4.78 is 5.49. The van der Waals surface area contributed by atoms with E-state index in [2.05, 4.69) is 20.5 Å². The summed E-state index contributed by atoms with van der Waals surface area (Å²) in [5.41, 5.74) is 6.10. The summed E-state index contributed by atoms with van der Waals surface area (Å²) in [5.74, 6) is 1.24. The Bertz CT molecular complexity index is 767. The predicted molar refractivity (Wildman–Crippen MR) is 132 cm³/mol. The summed E-state index contributed by atoms with van der Waals surface area (Å²) in [6.45, 7) is 6.13. The highest BCUT2D eigenvalue weighted by Crippen LogP contribution is 2.31. The number of primary amides is 1. The molecule has 10 heteroatoms. The van der Waals surface area contributed by atoms with Crippen molar-refractivity contribution in [3.05, 3.63) is 24.3 Å². The Morgan fingerprint density at radius 1 is 1.29 bits per heavy atom. The van der Waals surface area contributed by atoms with Crippen LogP contribution in [0.5, 0.6) is 5.75 Å². The predicted octanol–water partition coefficient (Wildman–Crippen LogP) is 0.925. The molecule has 2 amide bonds. The second-order valence-corrected chi connectivity index (χ2v) is 7.58. The number of carbonyl (C=O) groups excluding carboxylic acids is 2. The van der Waals surface area contributed by atoms with Crippen molar-refractivity contribution in [2.24, 2.45) is 10.7 Å². The molecule has 172 valence electrons. The fourth-order valence-corrected chi connectivity index (χ4v) is 3.79. The molecular weight excluding hydrogens is 511 g/mol. The number of ether oxygens (including phenoxy) is 1. The fraction of sp³-hybridized carbons (Fsp3) is 0.571. The number of likely N-dealkylation sites (tertiary alicyclic amines) is 1. The van der Waals surface area contributed by atoms with Gasteiger partial charge in [-0.05, 0) is 38.3 Å². The first kappa shape index (κ1) is 25.2. The summed E-state index contributed by atoms with van der Waals surface area (Å²) in [6.07, 6.45) is 2.64. The van der Waals surface area contributed by atoms with Crippen molar-refractivity contribution in [1.29, 1.82) is 0 Å². The van der Waals surface area contributed by atoms with Crippen LogP contribution in [0.2, 0.25) is 0 Å². The van der Waals surface area contributed by atoms with Crippen molar-refractivity contribution >= 4 is 47.4 Å². The molecule has 1 fully saturated rings. The first-order chi connectivity index (χ1) is 14.6. The zero-order chi connectivity index (χ0) is 21.3. The van der Waals surface area contributed by atoms with Gasteiger partial charge in [-0.15, -0.1) is 24.0 Å². The van der Waals surface area contributed by atoms with Gasteiger partial charge in [-0.2, -0.15) is 0 Å². The van der Waals surface area contributed by atoms with Gasteiger partial charge in [0.1, 0.15) is 5.75 Å². The molecule has 1 saturated heterocycles. The molecule has 31 heavy (non-hydrogen) atoms. The number of aliphatic imine (C=N–C) groups is 1. The molecule has 0 atom stereocenters. The lowest BCUT2D eigenvalue weighted by atomic mass is 10.1. The number of carbonyl (C=O) groups is 2. The SMILES string of the molecule is CCNC(=NCCCN1C(=O)COc2ccccc21)NC1CCN(CC(N)=O)CC1.I. The highest BCUT2D eigenvalue weighted by atomic mass is 127. The third kappa shape index (κ3) is 7.53. The highest BCUT2D eigenvalue weighted by Gasteiger charge is 2.24. The molecule has 9 nitrogen and oxygen atoms in total. The number of piperidine rings is 1. The number of nitrogens with zero attached hydrogens (tertiary/aromatic N) is 3. The Morgan fingerprint density at radius 3 is 2.74 bits per heavy atom. The molecule has 0 bridgehead atoms. The van der Waals surface area contributed by atoms with E-state index in [1.165, 1.54) is 0 Å². The molecule has 1 aromatic rings. The van der Waals surface area contributed by atoms with E-state index >= 15 is 0 Å². The Kier molecular flexibility index (Phi) is 10.3. The number of amides is 2. The minimum Gasteiger partial charge on any atom is -0.482 e. The summed E-state index contributed by atoms with van der Waals surface area (Å²) >= 11 is 0. The van der Waals surface area contributed by atoms with Gasteiger partial charge < -0.3 is 26.0 Å². The topological polar surface area (TPSA) is 112 Å². The molecule has 2 aliphatic heterocycles. The number of fused-ring (bicyclic) bond motifs is 1. The number of para-hydroxylation sites is 2. The molecule has 0 spiro atoms. The molecule has 0 unspecified atom stereocenters. The van der Waals surface area contributed by atoms with E-state index in [0.717, 1.165) is 56.3 Å². The molecule has 0 radical (unpaired) electrons. The minimum atomic E-state index is -0.280. The van der Waals surface area contributed by atoms with Crippen LogP contribution in [-0.2, 0) is 9.59 Å². The van der Waals surface area contributed by atoms with E-state index in [9.17, 15) is 9.59 Å². The van der Waals surface area contributed by atoms with Crippen LogP contribution in [0.3, 0.4) is 0 Å². The van der Waals surface area contributed by atoms with Gasteiger partial charge in [0.25, 0.3) is 5.91 Å². The minimum absolute atomic E-state index is 0. The number of halogens is 1. The lowest BCUT2D eigenvalue weighted by molar-refractivity contribution is -0.121. The average molecular weight is 544 g/mol. The van der Waals surface area contributed by atoms with Gasteiger partial charge >= 0.3 is 0 Å². The van der Waals surface area contributed by atoms with E-state index in [1.54, 1.807) is 4.90 Å². The van der Waals surface area contributed by atoms with Crippen LogP contribution in [0.4, 0.5) is 5.69 Å². The van der Waals surface area contributed by atoms with Gasteiger partial charge in [0.05, 0.1) is 12.2 Å². The van der Waals surface area contributed by atoms with Gasteiger partial charge in [0, 0.05) is 38.8 Å². The number of benzene rings is 1. The summed E-state index contributed by atoms with van der Waals surface area (Å²) in [7, 11) is 0. The Hall–Kier alpha value is -2.08. The van der Waals surface area contributed by atoms with Crippen molar-refractivity contribution in [3.63, 3.8) is 0 Å². The standard InChI is InChI=1S/C21H32N6O3.HI/c1-2-23-21(25-16-8-12-26(13-9-16)14-19(22)28)24-10-5-11-27-17-6-3-4-7-18(17)30-15-20(27)29;/h3-4,6-7,16H,2,5,8-15H2,1H3,(H2,22,28)(H2,23,24,25);1H. The summed E-state index contributed by atoms with van der Waals surface area (Å²) in [5, 5.41) is 6.78. The first-order valence-electron chi connectivity index (χ1n) is 10.6. The van der Waals surface area contributed by atoms with Crippen LogP contribution in [0.1, 0.15) is 26.2 Å². The second-order valence-electron chi connectivity index (χ2n) is 7.58. The quantitative estimate of drug-likeness (QED) is 0.194. The van der Waals surface area contributed by atoms with Crippen molar-refractivity contribution in [1.82, 2.24) is 15.5 Å². The van der Waals surface area contributed by atoms with E-state index in [1.807, 2.05) is 31.2 Å². The van der Waals surface area contributed by atoms with E-state index in [0.29, 0.717) is 25.7 Å². The third-order valence-corrected chi connectivity index (χ3v) is 5.27. The highest BCUT2D eigenvalue weighted by molar-refractivity contribution is 14.0. The molecule has 0 aromatic heterocycles. The van der Waals surface area contributed by atoms with Gasteiger partial charge in [0.2, 0.25) is 5.91 Å². The molecule has 3 rings (SSSR count). The maximum absolute atomic E-state index is 12.3. The lowest BCUT2D eigenvalue weighted by Crippen LogP contribution is -2.49. The van der Waals surface area contributed by atoms with Gasteiger partial charge in [-0.25, -0.2) is 0 Å². The second kappa shape index (κ2) is 12.7. The zero-order valence-electron chi connectivity index (χ0n) is 18.0.